The Morgan fingerprint density at radius 3 is 1.56 bits per heavy atom. The molecule has 12 aromatic carbocycles. The van der Waals surface area contributed by atoms with Crippen molar-refractivity contribution in [1.82, 2.24) is 0 Å². The minimum Gasteiger partial charge on any atom is -0.455 e. The number of para-hydroxylation sites is 2. The maximum Gasteiger partial charge on any atom is 0.143 e. The van der Waals surface area contributed by atoms with Crippen molar-refractivity contribution < 1.29 is 9.15 Å². The van der Waals surface area contributed by atoms with Gasteiger partial charge in [0.15, 0.2) is 0 Å². The molecule has 13 aromatic rings. The largest absolute Gasteiger partial charge is 0.455 e. The van der Waals surface area contributed by atoms with E-state index >= 15 is 0 Å². The molecule has 0 atom stereocenters. The number of fused-ring (bicyclic) bond motifs is 16. The summed E-state index contributed by atoms with van der Waals surface area (Å²) in [5.74, 6) is 1.84. The van der Waals surface area contributed by atoms with Crippen LogP contribution in [-0.4, -0.2) is 0 Å². The molecule has 0 saturated carbocycles. The van der Waals surface area contributed by atoms with Crippen LogP contribution in [0.15, 0.2) is 265 Å². The molecule has 1 aromatic heterocycles. The van der Waals surface area contributed by atoms with Gasteiger partial charge in [-0.3, -0.25) is 0 Å². The smallest absolute Gasteiger partial charge is 0.143 e. The summed E-state index contributed by atoms with van der Waals surface area (Å²) in [6.45, 7) is 0. The summed E-state index contributed by atoms with van der Waals surface area (Å²) in [4.78, 5) is 2.36. The van der Waals surface area contributed by atoms with E-state index in [-0.39, 0.29) is 0 Å². The van der Waals surface area contributed by atoms with Gasteiger partial charge in [0, 0.05) is 55.3 Å². The second-order valence-corrected chi connectivity index (χ2v) is 19.1. The Hall–Kier alpha value is -9.44. The maximum absolute atomic E-state index is 7.23. The molecule has 1 aliphatic carbocycles. The number of hydrogen-bond donors (Lipinski definition) is 0. The van der Waals surface area contributed by atoms with Crippen LogP contribution >= 0.6 is 0 Å². The Balaban J connectivity index is 0.874. The van der Waals surface area contributed by atoms with E-state index in [0.717, 1.165) is 111 Å². The summed E-state index contributed by atoms with van der Waals surface area (Å²) in [6.07, 6.45) is 0. The molecule has 0 bridgehead atoms. The summed E-state index contributed by atoms with van der Waals surface area (Å²) < 4.78 is 13.7. The average Bonchev–Trinajstić information content (AvgIpc) is 3.98. The highest BCUT2D eigenvalue weighted by atomic mass is 16.5. The van der Waals surface area contributed by atoms with Gasteiger partial charge in [-0.25, -0.2) is 0 Å². The van der Waals surface area contributed by atoms with Gasteiger partial charge in [0.1, 0.15) is 22.7 Å². The molecular weight excluding hydrogens is 875 g/mol. The van der Waals surface area contributed by atoms with Gasteiger partial charge in [0.05, 0.1) is 5.41 Å². The number of rotatable bonds is 6. The third-order valence-electron chi connectivity index (χ3n) is 15.3. The third-order valence-corrected chi connectivity index (χ3v) is 15.3. The molecule has 0 amide bonds. The van der Waals surface area contributed by atoms with Crippen molar-refractivity contribution >= 4 is 60.5 Å². The number of benzene rings is 12. The molecule has 3 nitrogen and oxygen atoms in total. The lowest BCUT2D eigenvalue weighted by molar-refractivity contribution is 0.447. The predicted molar refractivity (Wildman–Crippen MR) is 297 cm³/mol. The summed E-state index contributed by atoms with van der Waals surface area (Å²) >= 11 is 0. The fourth-order valence-electron chi connectivity index (χ4n) is 12.1. The molecule has 0 unspecified atom stereocenters. The zero-order chi connectivity index (χ0) is 47.3. The molecule has 336 valence electrons. The number of furan rings is 1. The first-order valence-corrected chi connectivity index (χ1v) is 24.7. The fourth-order valence-corrected chi connectivity index (χ4v) is 12.1. The Morgan fingerprint density at radius 2 is 0.819 bits per heavy atom. The third kappa shape index (κ3) is 5.98. The SMILES string of the molecule is c1ccc(-c2cccc(N(c3ccc(-c4ccc5c(c4)C4(c6ccccc6-5)c5ccc6ccccc6c5Oc5c4ccc4ccccc54)cc3)c3ccc(-c4cccc5c4oc4ccccc45)cc3)c2)cc1. The van der Waals surface area contributed by atoms with E-state index in [9.17, 15) is 0 Å². The Labute approximate surface area is 417 Å². The van der Waals surface area contributed by atoms with Gasteiger partial charge in [0.25, 0.3) is 0 Å². The minimum absolute atomic E-state index is 0.623. The Morgan fingerprint density at radius 1 is 0.292 bits per heavy atom. The molecule has 3 heteroatoms. The molecule has 0 saturated heterocycles. The first-order valence-electron chi connectivity index (χ1n) is 24.7. The van der Waals surface area contributed by atoms with Gasteiger partial charge in [-0.15, -0.1) is 0 Å². The molecule has 0 fully saturated rings. The molecule has 15 rings (SSSR count). The fraction of sp³-hybridized carbons (Fsp3) is 0.0145. The lowest BCUT2D eigenvalue weighted by Crippen LogP contribution is -2.32. The molecule has 0 N–H and O–H groups in total. The average molecular weight is 918 g/mol. The molecule has 72 heavy (non-hydrogen) atoms. The first-order chi connectivity index (χ1) is 35.7. The predicted octanol–water partition coefficient (Wildman–Crippen LogP) is 18.8. The quantitative estimate of drug-likeness (QED) is 0.166. The van der Waals surface area contributed by atoms with Crippen molar-refractivity contribution in [3.05, 3.63) is 283 Å². The van der Waals surface area contributed by atoms with E-state index in [1.807, 2.05) is 12.1 Å². The topological polar surface area (TPSA) is 25.6 Å². The van der Waals surface area contributed by atoms with Crippen molar-refractivity contribution in [2.24, 2.45) is 0 Å². The highest BCUT2D eigenvalue weighted by Crippen LogP contribution is 2.64. The van der Waals surface area contributed by atoms with E-state index in [2.05, 4.69) is 254 Å². The van der Waals surface area contributed by atoms with Crippen molar-refractivity contribution in [1.29, 1.82) is 0 Å². The number of hydrogen-bond acceptors (Lipinski definition) is 3. The van der Waals surface area contributed by atoms with E-state index in [1.54, 1.807) is 0 Å². The van der Waals surface area contributed by atoms with Gasteiger partial charge in [-0.2, -0.15) is 0 Å². The van der Waals surface area contributed by atoms with E-state index in [0.29, 0.717) is 0 Å². The van der Waals surface area contributed by atoms with Gasteiger partial charge in [-0.05, 0) is 109 Å². The summed E-state index contributed by atoms with van der Waals surface area (Å²) in [5.41, 5.74) is 18.6. The lowest BCUT2D eigenvalue weighted by Gasteiger charge is -2.40. The van der Waals surface area contributed by atoms with Crippen molar-refractivity contribution in [3.8, 4) is 56.0 Å². The van der Waals surface area contributed by atoms with Gasteiger partial charge in [0.2, 0.25) is 0 Å². The van der Waals surface area contributed by atoms with Crippen LogP contribution in [0.25, 0.3) is 88.0 Å². The van der Waals surface area contributed by atoms with Crippen LogP contribution in [0.3, 0.4) is 0 Å². The standard InChI is InChI=1S/C69H43NO2/c1-2-14-44(15-3-1)49-18-12-19-53(42-49)70(52-37-30-48(31-38-52)54-24-13-25-60-59-23-9-11-27-65(59)71-66(54)60)51-35-28-45(29-36-51)50-32-39-58-57-22-8-10-26-61(57)69(64(58)43-50)62-40-33-46-16-4-6-20-55(46)67(62)72-68-56-21-7-5-17-47(56)34-41-63(68)69/h1-43H. The lowest BCUT2D eigenvalue weighted by atomic mass is 9.65. The number of ether oxygens (including phenoxy) is 1. The van der Waals surface area contributed by atoms with Crippen molar-refractivity contribution in [2.45, 2.75) is 5.41 Å². The highest BCUT2D eigenvalue weighted by molar-refractivity contribution is 6.09. The zero-order valence-electron chi connectivity index (χ0n) is 39.1. The van der Waals surface area contributed by atoms with Crippen molar-refractivity contribution in [3.63, 3.8) is 0 Å². The summed E-state index contributed by atoms with van der Waals surface area (Å²) in [7, 11) is 0. The van der Waals surface area contributed by atoms with E-state index < -0.39 is 5.41 Å². The molecule has 2 heterocycles. The maximum atomic E-state index is 7.23. The Kier molecular flexibility index (Phi) is 8.87. The van der Waals surface area contributed by atoms with Crippen LogP contribution < -0.4 is 9.64 Å². The first kappa shape index (κ1) is 40.4. The molecule has 0 radical (unpaired) electrons. The van der Waals surface area contributed by atoms with Crippen LogP contribution in [0.4, 0.5) is 17.1 Å². The van der Waals surface area contributed by atoms with Crippen LogP contribution in [-0.2, 0) is 5.41 Å². The Bertz CT molecular complexity index is 4220. The molecule has 2 aliphatic rings. The summed E-state index contributed by atoms with van der Waals surface area (Å²) in [5, 5.41) is 6.80. The normalized spacial score (nSPS) is 12.9. The van der Waals surface area contributed by atoms with Crippen LogP contribution in [0, 0.1) is 0 Å². The van der Waals surface area contributed by atoms with E-state index in [4.69, 9.17) is 9.15 Å². The van der Waals surface area contributed by atoms with Gasteiger partial charge in [-0.1, -0.05) is 212 Å². The zero-order valence-corrected chi connectivity index (χ0v) is 39.1. The van der Waals surface area contributed by atoms with Gasteiger partial charge >= 0.3 is 0 Å². The van der Waals surface area contributed by atoms with Crippen molar-refractivity contribution in [2.75, 3.05) is 4.90 Å². The monoisotopic (exact) mass is 917 g/mol. The minimum atomic E-state index is -0.623. The van der Waals surface area contributed by atoms with Crippen LogP contribution in [0.1, 0.15) is 22.3 Å². The number of anilines is 3. The molecule has 1 aliphatic heterocycles. The summed E-state index contributed by atoms with van der Waals surface area (Å²) in [6, 6.07) is 94.7. The van der Waals surface area contributed by atoms with Gasteiger partial charge < -0.3 is 14.1 Å². The second-order valence-electron chi connectivity index (χ2n) is 19.1. The van der Waals surface area contributed by atoms with Crippen LogP contribution in [0.5, 0.6) is 11.5 Å². The number of nitrogens with zero attached hydrogens (tertiary/aromatic N) is 1. The molecule has 1 spiro atoms. The second kappa shape index (κ2) is 15.8. The van der Waals surface area contributed by atoms with E-state index in [1.165, 1.54) is 27.8 Å². The molecular formula is C69H43NO2. The van der Waals surface area contributed by atoms with Crippen LogP contribution in [0.2, 0.25) is 0 Å². The highest BCUT2D eigenvalue weighted by Gasteiger charge is 2.52.